The Kier molecular flexibility index (Phi) is 4.98. The smallest absolute Gasteiger partial charge is 0.292 e. The molecule has 25 heavy (non-hydrogen) atoms. The number of piperidine rings is 1. The molecule has 8 heteroatoms. The second-order valence-electron chi connectivity index (χ2n) is 6.15. The van der Waals surface area contributed by atoms with Crippen LogP contribution in [0, 0.1) is 10.1 Å². The van der Waals surface area contributed by atoms with E-state index in [1.165, 1.54) is 12.1 Å². The number of nitrogens with zero attached hydrogens (tertiary/aromatic N) is 3. The fourth-order valence-electron chi connectivity index (χ4n) is 3.05. The number of benzene rings is 1. The maximum atomic E-state index is 12.8. The number of likely N-dealkylation sites (tertiary alicyclic amines) is 1. The van der Waals surface area contributed by atoms with Crippen molar-refractivity contribution in [2.24, 2.45) is 0 Å². The number of nitrogens with two attached hydrogens (primary N) is 1. The summed E-state index contributed by atoms with van der Waals surface area (Å²) in [6, 6.07) is 4.23. The highest BCUT2D eigenvalue weighted by atomic mass is 32.1. The van der Waals surface area contributed by atoms with Crippen molar-refractivity contribution in [2.45, 2.75) is 32.1 Å². The van der Waals surface area contributed by atoms with E-state index in [4.69, 9.17) is 5.73 Å². The third-order valence-corrected chi connectivity index (χ3v) is 5.52. The lowest BCUT2D eigenvalue weighted by molar-refractivity contribution is -0.383. The van der Waals surface area contributed by atoms with Crippen LogP contribution >= 0.6 is 11.3 Å². The van der Waals surface area contributed by atoms with Crippen LogP contribution in [0.3, 0.4) is 0 Å². The third-order valence-electron chi connectivity index (χ3n) is 4.46. The summed E-state index contributed by atoms with van der Waals surface area (Å²) in [5, 5.41) is 14.2. The summed E-state index contributed by atoms with van der Waals surface area (Å²) in [7, 11) is 0. The number of thiazole rings is 1. The van der Waals surface area contributed by atoms with Gasteiger partial charge >= 0.3 is 0 Å². The molecule has 1 atom stereocenters. The van der Waals surface area contributed by atoms with Crippen LogP contribution in [0.4, 0.5) is 11.4 Å². The molecule has 0 bridgehead atoms. The van der Waals surface area contributed by atoms with Gasteiger partial charge in [-0.15, -0.1) is 11.3 Å². The lowest BCUT2D eigenvalue weighted by atomic mass is 9.98. The number of nitrogen functional groups attached to an aromatic ring is 1. The highest BCUT2D eigenvalue weighted by molar-refractivity contribution is 7.09. The Balaban J connectivity index is 1.78. The minimum atomic E-state index is -0.563. The molecular weight excluding hydrogens is 340 g/mol. The zero-order valence-electron chi connectivity index (χ0n) is 14.0. The van der Waals surface area contributed by atoms with E-state index in [-0.39, 0.29) is 23.2 Å². The van der Waals surface area contributed by atoms with Gasteiger partial charge in [0, 0.05) is 36.0 Å². The number of anilines is 1. The van der Waals surface area contributed by atoms with Gasteiger partial charge in [-0.25, -0.2) is 4.98 Å². The molecule has 0 saturated carbocycles. The van der Waals surface area contributed by atoms with Crippen molar-refractivity contribution in [1.82, 2.24) is 9.88 Å². The summed E-state index contributed by atoms with van der Waals surface area (Å²) < 4.78 is 0. The summed E-state index contributed by atoms with van der Waals surface area (Å²) >= 11 is 1.64. The van der Waals surface area contributed by atoms with Gasteiger partial charge in [0.2, 0.25) is 0 Å². The Morgan fingerprint density at radius 3 is 3.00 bits per heavy atom. The Morgan fingerprint density at radius 2 is 2.32 bits per heavy atom. The predicted molar refractivity (Wildman–Crippen MR) is 96.9 cm³/mol. The van der Waals surface area contributed by atoms with Crippen LogP contribution < -0.4 is 5.73 Å². The first kappa shape index (κ1) is 17.3. The quantitative estimate of drug-likeness (QED) is 0.512. The lowest BCUT2D eigenvalue weighted by Gasteiger charge is -2.32. The monoisotopic (exact) mass is 360 g/mol. The van der Waals surface area contributed by atoms with E-state index in [0.717, 1.165) is 30.0 Å². The molecule has 0 spiro atoms. The predicted octanol–water partition coefficient (Wildman–Crippen LogP) is 3.22. The van der Waals surface area contributed by atoms with Gasteiger partial charge in [-0.3, -0.25) is 14.9 Å². The van der Waals surface area contributed by atoms with Crippen molar-refractivity contribution in [2.75, 3.05) is 18.8 Å². The number of aromatic nitrogens is 1. The lowest BCUT2D eigenvalue weighted by Crippen LogP contribution is -2.39. The first-order valence-corrected chi connectivity index (χ1v) is 9.15. The van der Waals surface area contributed by atoms with E-state index >= 15 is 0 Å². The zero-order chi connectivity index (χ0) is 18.0. The number of carbonyl (C=O) groups is 1. The molecule has 2 heterocycles. The van der Waals surface area contributed by atoms with Gasteiger partial charge in [0.05, 0.1) is 15.6 Å². The van der Waals surface area contributed by atoms with E-state index in [9.17, 15) is 14.9 Å². The van der Waals surface area contributed by atoms with Crippen LogP contribution in [0.2, 0.25) is 0 Å². The molecule has 1 fully saturated rings. The second kappa shape index (κ2) is 7.18. The molecular formula is C17H20N4O3S. The number of aryl methyl sites for hydroxylation is 1. The molecule has 3 rings (SSSR count). The summed E-state index contributed by atoms with van der Waals surface area (Å²) in [6.45, 7) is 3.32. The Morgan fingerprint density at radius 1 is 1.52 bits per heavy atom. The summed E-state index contributed by atoms with van der Waals surface area (Å²) in [6.07, 6.45) is 2.80. The first-order valence-electron chi connectivity index (χ1n) is 8.27. The fourth-order valence-corrected chi connectivity index (χ4v) is 4.08. The Labute approximate surface area is 149 Å². The molecule has 7 nitrogen and oxygen atoms in total. The topological polar surface area (TPSA) is 102 Å². The number of hydrogen-bond acceptors (Lipinski definition) is 6. The maximum Gasteiger partial charge on any atom is 0.292 e. The van der Waals surface area contributed by atoms with E-state index in [2.05, 4.69) is 17.3 Å². The minimum Gasteiger partial charge on any atom is -0.393 e. The van der Waals surface area contributed by atoms with Crippen LogP contribution in [-0.4, -0.2) is 33.8 Å². The van der Waals surface area contributed by atoms with Gasteiger partial charge in [0.15, 0.2) is 0 Å². The van der Waals surface area contributed by atoms with E-state index in [1.54, 1.807) is 22.3 Å². The molecule has 1 unspecified atom stereocenters. The maximum absolute atomic E-state index is 12.8. The van der Waals surface area contributed by atoms with Gasteiger partial charge in [-0.1, -0.05) is 6.92 Å². The largest absolute Gasteiger partial charge is 0.393 e. The molecule has 1 aliphatic heterocycles. The average Bonchev–Trinajstić information content (AvgIpc) is 3.10. The van der Waals surface area contributed by atoms with Gasteiger partial charge < -0.3 is 10.6 Å². The van der Waals surface area contributed by atoms with Gasteiger partial charge in [0.1, 0.15) is 5.69 Å². The van der Waals surface area contributed by atoms with Crippen molar-refractivity contribution in [3.05, 3.63) is 50.0 Å². The third kappa shape index (κ3) is 3.63. The second-order valence-corrected chi connectivity index (χ2v) is 7.04. The number of amides is 1. The van der Waals surface area contributed by atoms with Crippen LogP contribution in [0.1, 0.15) is 46.7 Å². The molecule has 0 radical (unpaired) electrons. The average molecular weight is 360 g/mol. The molecule has 132 valence electrons. The van der Waals surface area contributed by atoms with Crippen LogP contribution in [0.5, 0.6) is 0 Å². The van der Waals surface area contributed by atoms with Crippen molar-refractivity contribution >= 4 is 28.6 Å². The first-order chi connectivity index (χ1) is 12.0. The molecule has 2 aromatic rings. The van der Waals surface area contributed by atoms with Crippen molar-refractivity contribution < 1.29 is 9.72 Å². The van der Waals surface area contributed by atoms with E-state index in [0.29, 0.717) is 18.7 Å². The van der Waals surface area contributed by atoms with Crippen LogP contribution in [0.15, 0.2) is 23.6 Å². The minimum absolute atomic E-state index is 0.0629. The highest BCUT2D eigenvalue weighted by Gasteiger charge is 2.28. The number of rotatable bonds is 4. The molecule has 1 aliphatic rings. The van der Waals surface area contributed by atoms with Crippen LogP contribution in [-0.2, 0) is 6.42 Å². The SMILES string of the molecule is CCc1csc(C2CCCN(C(=O)c3ccc(N)c([N+](=O)[O-])c3)C2)n1. The van der Waals surface area contributed by atoms with Gasteiger partial charge in [0.25, 0.3) is 11.6 Å². The van der Waals surface area contributed by atoms with Gasteiger partial charge in [-0.2, -0.15) is 0 Å². The molecule has 2 N–H and O–H groups in total. The summed E-state index contributed by atoms with van der Waals surface area (Å²) in [5.41, 5.74) is 6.82. The zero-order valence-corrected chi connectivity index (χ0v) is 14.8. The number of nitro benzene ring substituents is 1. The molecule has 0 aliphatic carbocycles. The van der Waals surface area contributed by atoms with Crippen molar-refractivity contribution in [3.8, 4) is 0 Å². The summed E-state index contributed by atoms with van der Waals surface area (Å²) in [4.78, 5) is 29.6. The molecule has 1 amide bonds. The normalized spacial score (nSPS) is 17.5. The fraction of sp³-hybridized carbons (Fsp3) is 0.412. The van der Waals surface area contributed by atoms with Crippen LogP contribution in [0.25, 0.3) is 0 Å². The standard InChI is InChI=1S/C17H20N4O3S/c1-2-13-10-25-16(19-13)12-4-3-7-20(9-12)17(22)11-5-6-14(18)15(8-11)21(23)24/h5-6,8,10,12H,2-4,7,9,18H2,1H3. The number of hydrogen-bond donors (Lipinski definition) is 1. The van der Waals surface area contributed by atoms with Crippen molar-refractivity contribution in [3.63, 3.8) is 0 Å². The van der Waals surface area contributed by atoms with Gasteiger partial charge in [-0.05, 0) is 31.4 Å². The summed E-state index contributed by atoms with van der Waals surface area (Å²) in [5.74, 6) is 0.0341. The molecule has 1 aromatic carbocycles. The van der Waals surface area contributed by atoms with E-state index in [1.807, 2.05) is 0 Å². The number of nitro groups is 1. The molecule has 1 saturated heterocycles. The molecule has 1 aromatic heterocycles. The Hall–Kier alpha value is -2.48. The van der Waals surface area contributed by atoms with Crippen molar-refractivity contribution in [1.29, 1.82) is 0 Å². The highest BCUT2D eigenvalue weighted by Crippen LogP contribution is 2.31. The van der Waals surface area contributed by atoms with E-state index < -0.39 is 4.92 Å². The number of carbonyl (C=O) groups excluding carboxylic acids is 1. The Bertz CT molecular complexity index is 805.